The van der Waals surface area contributed by atoms with Crippen LogP contribution in [0.25, 0.3) is 0 Å². The molecule has 0 aromatic heterocycles. The number of benzene rings is 1. The van der Waals surface area contributed by atoms with Gasteiger partial charge in [-0.3, -0.25) is 0 Å². The van der Waals surface area contributed by atoms with E-state index in [1.165, 1.54) is 4.31 Å². The van der Waals surface area contributed by atoms with Gasteiger partial charge in [-0.05, 0) is 31.0 Å². The standard InChI is InChI=1S/C12H14FNO4S/c1-2-14(9-4-5-9)19(17,18)11-7-8(13)3-6-10(11)12(15)16/h3,6-7,9H,2,4-5H2,1H3,(H,15,16). The fraction of sp³-hybridized carbons (Fsp3) is 0.417. The number of hydrogen-bond donors (Lipinski definition) is 1. The minimum atomic E-state index is -3.97. The van der Waals surface area contributed by atoms with Crippen molar-refractivity contribution in [1.82, 2.24) is 4.31 Å². The molecule has 1 saturated carbocycles. The van der Waals surface area contributed by atoms with Crippen molar-refractivity contribution >= 4 is 16.0 Å². The lowest BCUT2D eigenvalue weighted by Gasteiger charge is -2.21. The molecule has 0 aliphatic heterocycles. The minimum absolute atomic E-state index is 0.0973. The lowest BCUT2D eigenvalue weighted by molar-refractivity contribution is 0.0692. The maximum absolute atomic E-state index is 13.2. The maximum Gasteiger partial charge on any atom is 0.337 e. The number of hydrogen-bond acceptors (Lipinski definition) is 3. The van der Waals surface area contributed by atoms with Gasteiger partial charge in [0.15, 0.2) is 0 Å². The molecule has 0 unspecified atom stereocenters. The van der Waals surface area contributed by atoms with Crippen molar-refractivity contribution in [3.63, 3.8) is 0 Å². The highest BCUT2D eigenvalue weighted by molar-refractivity contribution is 7.89. The summed E-state index contributed by atoms with van der Waals surface area (Å²) in [4.78, 5) is 10.6. The van der Waals surface area contributed by atoms with Crippen LogP contribution in [0.1, 0.15) is 30.1 Å². The van der Waals surface area contributed by atoms with Crippen molar-refractivity contribution < 1.29 is 22.7 Å². The van der Waals surface area contributed by atoms with Crippen molar-refractivity contribution in [3.8, 4) is 0 Å². The Labute approximate surface area is 110 Å². The summed E-state index contributed by atoms with van der Waals surface area (Å²) in [7, 11) is -3.97. The lowest BCUT2D eigenvalue weighted by Crippen LogP contribution is -2.34. The smallest absolute Gasteiger partial charge is 0.337 e. The summed E-state index contributed by atoms with van der Waals surface area (Å²) >= 11 is 0. The molecular weight excluding hydrogens is 273 g/mol. The molecule has 2 rings (SSSR count). The van der Waals surface area contributed by atoms with Crippen LogP contribution in [0.15, 0.2) is 23.1 Å². The van der Waals surface area contributed by atoms with Gasteiger partial charge in [0.2, 0.25) is 10.0 Å². The Morgan fingerprint density at radius 3 is 2.58 bits per heavy atom. The van der Waals surface area contributed by atoms with Gasteiger partial charge in [-0.2, -0.15) is 4.31 Å². The highest BCUT2D eigenvalue weighted by Crippen LogP contribution is 2.32. The average Bonchev–Trinajstić information content (AvgIpc) is 3.13. The van der Waals surface area contributed by atoms with E-state index in [2.05, 4.69) is 0 Å². The molecule has 7 heteroatoms. The Morgan fingerprint density at radius 2 is 2.11 bits per heavy atom. The third kappa shape index (κ3) is 2.62. The van der Waals surface area contributed by atoms with Crippen molar-refractivity contribution in [2.75, 3.05) is 6.54 Å². The molecule has 0 heterocycles. The van der Waals surface area contributed by atoms with Gasteiger partial charge >= 0.3 is 5.97 Å². The summed E-state index contributed by atoms with van der Waals surface area (Å²) in [5, 5.41) is 9.02. The normalized spacial score (nSPS) is 15.7. The molecule has 0 saturated heterocycles. The lowest BCUT2D eigenvalue weighted by atomic mass is 10.2. The zero-order valence-electron chi connectivity index (χ0n) is 10.3. The molecule has 5 nitrogen and oxygen atoms in total. The van der Waals surface area contributed by atoms with E-state index in [1.807, 2.05) is 0 Å². The summed E-state index contributed by atoms with van der Waals surface area (Å²) in [6, 6.07) is 2.59. The number of carbonyl (C=O) groups is 1. The summed E-state index contributed by atoms with van der Waals surface area (Å²) in [5.41, 5.74) is -0.402. The molecular formula is C12H14FNO4S. The van der Waals surface area contributed by atoms with E-state index in [0.717, 1.165) is 31.0 Å². The van der Waals surface area contributed by atoms with Gasteiger partial charge in [0.05, 0.1) is 10.5 Å². The second-order valence-corrected chi connectivity index (χ2v) is 6.24. The molecule has 1 N–H and O–H groups in total. The maximum atomic E-state index is 13.2. The van der Waals surface area contributed by atoms with Crippen LogP contribution in [0.2, 0.25) is 0 Å². The van der Waals surface area contributed by atoms with E-state index in [1.54, 1.807) is 6.92 Å². The third-order valence-electron chi connectivity index (χ3n) is 3.03. The minimum Gasteiger partial charge on any atom is -0.478 e. The molecule has 1 aromatic carbocycles. The Bertz CT molecular complexity index is 610. The van der Waals surface area contributed by atoms with Crippen molar-refractivity contribution in [2.24, 2.45) is 0 Å². The van der Waals surface area contributed by atoms with Crippen molar-refractivity contribution in [3.05, 3.63) is 29.6 Å². The molecule has 1 aliphatic carbocycles. The van der Waals surface area contributed by atoms with Crippen LogP contribution >= 0.6 is 0 Å². The van der Waals surface area contributed by atoms with E-state index >= 15 is 0 Å². The second-order valence-electron chi connectivity index (χ2n) is 4.39. The Balaban J connectivity index is 2.55. The van der Waals surface area contributed by atoms with Gasteiger partial charge in [0.25, 0.3) is 0 Å². The van der Waals surface area contributed by atoms with Crippen LogP contribution in [0, 0.1) is 5.82 Å². The fourth-order valence-electron chi connectivity index (χ4n) is 2.00. The largest absolute Gasteiger partial charge is 0.478 e. The fourth-order valence-corrected chi connectivity index (χ4v) is 3.89. The first kappa shape index (κ1) is 14.0. The monoisotopic (exact) mass is 287 g/mol. The molecule has 0 atom stereocenters. The summed E-state index contributed by atoms with van der Waals surface area (Å²) in [5.74, 6) is -2.15. The molecule has 0 amide bonds. The van der Waals surface area contributed by atoms with Crippen LogP contribution in [-0.2, 0) is 10.0 Å². The highest BCUT2D eigenvalue weighted by atomic mass is 32.2. The Kier molecular flexibility index (Phi) is 3.60. The molecule has 1 fully saturated rings. The van der Waals surface area contributed by atoms with Crippen molar-refractivity contribution in [2.45, 2.75) is 30.7 Å². The van der Waals surface area contributed by atoms with Gasteiger partial charge in [-0.25, -0.2) is 17.6 Å². The topological polar surface area (TPSA) is 74.7 Å². The van der Waals surface area contributed by atoms with E-state index in [9.17, 15) is 17.6 Å². The Morgan fingerprint density at radius 1 is 1.47 bits per heavy atom. The van der Waals surface area contributed by atoms with Gasteiger partial charge in [-0.15, -0.1) is 0 Å². The zero-order valence-corrected chi connectivity index (χ0v) is 11.2. The number of carboxylic acids is 1. The van der Waals surface area contributed by atoms with Gasteiger partial charge < -0.3 is 5.11 Å². The second kappa shape index (κ2) is 4.90. The number of rotatable bonds is 5. The zero-order chi connectivity index (χ0) is 14.2. The third-order valence-corrected chi connectivity index (χ3v) is 5.09. The number of nitrogens with zero attached hydrogens (tertiary/aromatic N) is 1. The molecule has 0 bridgehead atoms. The molecule has 104 valence electrons. The first-order valence-corrected chi connectivity index (χ1v) is 7.36. The summed E-state index contributed by atoms with van der Waals surface area (Å²) in [6.45, 7) is 1.91. The number of halogens is 1. The van der Waals surface area contributed by atoms with E-state index < -0.39 is 32.3 Å². The van der Waals surface area contributed by atoms with Crippen LogP contribution in [0.3, 0.4) is 0 Å². The predicted molar refractivity (Wildman–Crippen MR) is 65.9 cm³/mol. The SMILES string of the molecule is CCN(C1CC1)S(=O)(=O)c1cc(F)ccc1C(=O)O. The van der Waals surface area contributed by atoms with Gasteiger partial charge in [-0.1, -0.05) is 6.92 Å². The number of aromatic carboxylic acids is 1. The average molecular weight is 287 g/mol. The summed E-state index contributed by atoms with van der Waals surface area (Å²) < 4.78 is 39.3. The van der Waals surface area contributed by atoms with E-state index in [-0.39, 0.29) is 12.6 Å². The van der Waals surface area contributed by atoms with E-state index in [0.29, 0.717) is 0 Å². The molecule has 0 radical (unpaired) electrons. The molecule has 1 aliphatic rings. The first-order valence-electron chi connectivity index (χ1n) is 5.92. The first-order chi connectivity index (χ1) is 8.87. The van der Waals surface area contributed by atoms with Gasteiger partial charge in [0, 0.05) is 12.6 Å². The van der Waals surface area contributed by atoms with Crippen molar-refractivity contribution in [1.29, 1.82) is 0 Å². The Hall–Kier alpha value is -1.47. The van der Waals surface area contributed by atoms with Crippen LogP contribution in [0.4, 0.5) is 4.39 Å². The molecule has 0 spiro atoms. The van der Waals surface area contributed by atoms with Gasteiger partial charge in [0.1, 0.15) is 5.82 Å². The van der Waals surface area contributed by atoms with Crippen LogP contribution in [-0.4, -0.2) is 36.4 Å². The van der Waals surface area contributed by atoms with Crippen LogP contribution in [0.5, 0.6) is 0 Å². The highest BCUT2D eigenvalue weighted by Gasteiger charge is 2.38. The van der Waals surface area contributed by atoms with Crippen LogP contribution < -0.4 is 0 Å². The summed E-state index contributed by atoms with van der Waals surface area (Å²) in [6.07, 6.45) is 1.51. The molecule has 19 heavy (non-hydrogen) atoms. The molecule has 1 aromatic rings. The number of carboxylic acid groups (broad SMARTS) is 1. The quantitative estimate of drug-likeness (QED) is 0.894. The van der Waals surface area contributed by atoms with E-state index in [4.69, 9.17) is 5.11 Å². The number of sulfonamides is 1. The predicted octanol–water partition coefficient (Wildman–Crippen LogP) is 1.70.